The van der Waals surface area contributed by atoms with E-state index in [1.807, 2.05) is 6.92 Å². The molecule has 6 nitrogen and oxygen atoms in total. The summed E-state index contributed by atoms with van der Waals surface area (Å²) in [5.74, 6) is 0.670. The first-order chi connectivity index (χ1) is 5.75. The molecule has 1 aliphatic rings. The fourth-order valence-corrected chi connectivity index (χ4v) is 1.02. The summed E-state index contributed by atoms with van der Waals surface area (Å²) in [6.45, 7) is 2.04. The van der Waals surface area contributed by atoms with E-state index in [1.165, 1.54) is 0 Å². The Morgan fingerprint density at radius 1 is 1.07 bits per heavy atom. The molecule has 0 unspecified atom stereocenters. The molecule has 0 aromatic carbocycles. The molecule has 0 aromatic rings. The lowest BCUT2D eigenvalue weighted by Gasteiger charge is -2.10. The molecule has 0 radical (unpaired) electrons. The smallest absolute Gasteiger partial charge is 0.135 e. The van der Waals surface area contributed by atoms with Crippen LogP contribution in [0.4, 0.5) is 0 Å². The minimum absolute atomic E-state index is 0. The summed E-state index contributed by atoms with van der Waals surface area (Å²) in [6, 6.07) is 0. The van der Waals surface area contributed by atoms with Gasteiger partial charge in [-0.3, -0.25) is 0 Å². The van der Waals surface area contributed by atoms with Crippen molar-refractivity contribution in [3.05, 3.63) is 0 Å². The molecule has 8 heteroatoms. The van der Waals surface area contributed by atoms with Crippen LogP contribution in [-0.2, 0) is 0 Å². The second-order valence-corrected chi connectivity index (χ2v) is 2.57. The van der Waals surface area contributed by atoms with E-state index in [1.54, 1.807) is 0 Å². The summed E-state index contributed by atoms with van der Waals surface area (Å²) >= 11 is 0. The Kier molecular flexibility index (Phi) is 8.37. The van der Waals surface area contributed by atoms with Gasteiger partial charge in [0.2, 0.25) is 0 Å². The number of hydrogen-bond acceptors (Lipinski definition) is 6. The van der Waals surface area contributed by atoms with Crippen LogP contribution < -0.4 is 11.5 Å². The van der Waals surface area contributed by atoms with Crippen molar-refractivity contribution in [3.63, 3.8) is 0 Å². The largest absolute Gasteiger partial charge is 0.385 e. The summed E-state index contributed by atoms with van der Waals surface area (Å²) in [6.07, 6.45) is 1.80. The third-order valence-corrected chi connectivity index (χ3v) is 1.65. The third kappa shape index (κ3) is 3.89. The highest BCUT2D eigenvalue weighted by Gasteiger charge is 2.18. The van der Waals surface area contributed by atoms with E-state index < -0.39 is 0 Å². The van der Waals surface area contributed by atoms with Gasteiger partial charge in [0.05, 0.1) is 5.92 Å². The first-order valence-electron chi connectivity index (χ1n) is 3.82. The standard InChI is InChI=1S/C6H12N6.2ClH/c1-2-3-4-5(7)9-11-12-10-6(4)8;;/h4H,2-3H2,1H3,(H2,7,9,12)(H2,8,10,11);2*1H. The fourth-order valence-electron chi connectivity index (χ4n) is 1.02. The van der Waals surface area contributed by atoms with E-state index in [2.05, 4.69) is 20.6 Å². The van der Waals surface area contributed by atoms with Gasteiger partial charge in [0.15, 0.2) is 0 Å². The monoisotopic (exact) mass is 240 g/mol. The Balaban J connectivity index is 0. The van der Waals surface area contributed by atoms with Gasteiger partial charge >= 0.3 is 0 Å². The second kappa shape index (κ2) is 7.52. The Morgan fingerprint density at radius 3 is 1.86 bits per heavy atom. The molecule has 0 fully saturated rings. The quantitative estimate of drug-likeness (QED) is 0.759. The highest BCUT2D eigenvalue weighted by molar-refractivity contribution is 6.04. The minimum Gasteiger partial charge on any atom is -0.385 e. The second-order valence-electron chi connectivity index (χ2n) is 2.57. The van der Waals surface area contributed by atoms with Gasteiger partial charge < -0.3 is 11.5 Å². The van der Waals surface area contributed by atoms with E-state index in [0.29, 0.717) is 11.7 Å². The fraction of sp³-hybridized carbons (Fsp3) is 0.667. The number of rotatable bonds is 2. The Morgan fingerprint density at radius 2 is 1.50 bits per heavy atom. The van der Waals surface area contributed by atoms with Gasteiger partial charge in [0.25, 0.3) is 0 Å². The van der Waals surface area contributed by atoms with E-state index in [-0.39, 0.29) is 30.7 Å². The first-order valence-corrected chi connectivity index (χ1v) is 3.82. The first kappa shape index (κ1) is 15.6. The van der Waals surface area contributed by atoms with Crippen LogP contribution in [0.15, 0.2) is 20.6 Å². The lowest BCUT2D eigenvalue weighted by molar-refractivity contribution is 0.739. The molecule has 82 valence electrons. The van der Waals surface area contributed by atoms with E-state index in [0.717, 1.165) is 12.8 Å². The van der Waals surface area contributed by atoms with Crippen LogP contribution in [-0.4, -0.2) is 11.7 Å². The molecule has 1 aliphatic heterocycles. The molecule has 1 rings (SSSR count). The zero-order valence-electron chi connectivity index (χ0n) is 7.75. The number of halogens is 2. The Bertz CT molecular complexity index is 227. The molecule has 0 aliphatic carbocycles. The van der Waals surface area contributed by atoms with E-state index in [9.17, 15) is 0 Å². The van der Waals surface area contributed by atoms with E-state index in [4.69, 9.17) is 11.5 Å². The van der Waals surface area contributed by atoms with Crippen LogP contribution in [0.3, 0.4) is 0 Å². The van der Waals surface area contributed by atoms with Crippen LogP contribution in [0, 0.1) is 5.92 Å². The van der Waals surface area contributed by atoms with Crippen molar-refractivity contribution in [3.8, 4) is 0 Å². The van der Waals surface area contributed by atoms with Gasteiger partial charge in [-0.1, -0.05) is 13.3 Å². The molecule has 0 spiro atoms. The van der Waals surface area contributed by atoms with E-state index >= 15 is 0 Å². The molecule has 0 aromatic heterocycles. The van der Waals surface area contributed by atoms with Crippen molar-refractivity contribution in [1.82, 2.24) is 0 Å². The molecule has 14 heavy (non-hydrogen) atoms. The number of nitrogens with two attached hydrogens (primary N) is 2. The maximum atomic E-state index is 5.59. The normalized spacial score (nSPS) is 15.8. The third-order valence-electron chi connectivity index (χ3n) is 1.65. The van der Waals surface area contributed by atoms with Gasteiger partial charge in [-0.25, -0.2) is 0 Å². The number of hydrogen-bond donors (Lipinski definition) is 2. The highest BCUT2D eigenvalue weighted by Crippen LogP contribution is 2.09. The summed E-state index contributed by atoms with van der Waals surface area (Å²) in [5, 5.41) is 14.0. The van der Waals surface area contributed by atoms with Gasteiger partial charge in [0, 0.05) is 0 Å². The number of amidine groups is 2. The average molecular weight is 241 g/mol. The predicted octanol–water partition coefficient (Wildman–Crippen LogP) is 1.26. The van der Waals surface area contributed by atoms with Crippen LogP contribution in [0.2, 0.25) is 0 Å². The molecule has 0 amide bonds. The minimum atomic E-state index is -0.106. The van der Waals surface area contributed by atoms with Crippen molar-refractivity contribution in [2.24, 2.45) is 38.0 Å². The molecule has 4 N–H and O–H groups in total. The summed E-state index contributed by atoms with van der Waals surface area (Å²) in [4.78, 5) is 0. The zero-order chi connectivity index (χ0) is 8.97. The van der Waals surface area contributed by atoms with Crippen molar-refractivity contribution >= 4 is 36.5 Å². The molecule has 0 saturated carbocycles. The maximum absolute atomic E-state index is 5.59. The lowest BCUT2D eigenvalue weighted by Crippen LogP contribution is -2.34. The molecular weight excluding hydrogens is 227 g/mol. The summed E-state index contributed by atoms with van der Waals surface area (Å²) < 4.78 is 0. The van der Waals surface area contributed by atoms with Gasteiger partial charge in [-0.15, -0.1) is 35.0 Å². The van der Waals surface area contributed by atoms with Crippen LogP contribution >= 0.6 is 24.8 Å². The van der Waals surface area contributed by atoms with Crippen molar-refractivity contribution in [2.45, 2.75) is 19.8 Å². The van der Waals surface area contributed by atoms with Gasteiger partial charge in [-0.05, 0) is 16.9 Å². The Labute approximate surface area is 94.7 Å². The van der Waals surface area contributed by atoms with Gasteiger partial charge in [0.1, 0.15) is 11.7 Å². The molecule has 0 atom stereocenters. The van der Waals surface area contributed by atoms with Crippen LogP contribution in [0.25, 0.3) is 0 Å². The summed E-state index contributed by atoms with van der Waals surface area (Å²) in [5.41, 5.74) is 11.2. The maximum Gasteiger partial charge on any atom is 0.135 e. The van der Waals surface area contributed by atoms with Crippen molar-refractivity contribution in [2.75, 3.05) is 0 Å². The molecule has 0 saturated heterocycles. The highest BCUT2D eigenvalue weighted by atomic mass is 35.5. The molecule has 1 heterocycles. The topological polar surface area (TPSA) is 101 Å². The molecular formula is C6H14Cl2N6. The Hall–Kier alpha value is -0.880. The van der Waals surface area contributed by atoms with Crippen LogP contribution in [0.1, 0.15) is 19.8 Å². The van der Waals surface area contributed by atoms with Crippen molar-refractivity contribution < 1.29 is 0 Å². The lowest BCUT2D eigenvalue weighted by atomic mass is 10.0. The summed E-state index contributed by atoms with van der Waals surface area (Å²) in [7, 11) is 0. The zero-order valence-corrected chi connectivity index (χ0v) is 9.38. The SMILES string of the molecule is CCCC1C(N)=NN=NN=C1N.Cl.Cl. The average Bonchev–Trinajstić information content (AvgIpc) is 2.19. The van der Waals surface area contributed by atoms with Crippen LogP contribution in [0.5, 0.6) is 0 Å². The molecule has 0 bridgehead atoms. The van der Waals surface area contributed by atoms with Gasteiger partial charge in [-0.2, -0.15) is 0 Å². The van der Waals surface area contributed by atoms with Crippen molar-refractivity contribution in [1.29, 1.82) is 0 Å². The predicted molar refractivity (Wildman–Crippen MR) is 61.0 cm³/mol. The number of nitrogens with zero attached hydrogens (tertiary/aromatic N) is 4.